The lowest BCUT2D eigenvalue weighted by Crippen LogP contribution is -2.57. The Balaban J connectivity index is 0.000000810. The van der Waals surface area contributed by atoms with E-state index in [1.54, 1.807) is 0 Å². The first-order valence-corrected chi connectivity index (χ1v) is 6.25. The highest BCUT2D eigenvalue weighted by Crippen LogP contribution is 2.31. The second kappa shape index (κ2) is 7.29. The molecule has 1 aromatic rings. The zero-order valence-electron chi connectivity index (χ0n) is 10.4. The highest BCUT2D eigenvalue weighted by atomic mass is 35.5. The largest absolute Gasteiger partial charge is 0.314 e. The van der Waals surface area contributed by atoms with Crippen LogP contribution in [0.2, 0.25) is 0 Å². The van der Waals surface area contributed by atoms with Gasteiger partial charge in [0.05, 0.1) is 0 Å². The molecule has 5 heteroatoms. The molecule has 0 atom stereocenters. The van der Waals surface area contributed by atoms with E-state index in [0.717, 1.165) is 31.6 Å². The van der Waals surface area contributed by atoms with Crippen LogP contribution in [0.25, 0.3) is 0 Å². The number of hydrogen-bond donors (Lipinski definition) is 1. The van der Waals surface area contributed by atoms with E-state index in [1.165, 1.54) is 24.9 Å². The van der Waals surface area contributed by atoms with Gasteiger partial charge < -0.3 is 5.32 Å². The van der Waals surface area contributed by atoms with Gasteiger partial charge in [0.2, 0.25) is 0 Å². The first-order valence-electron chi connectivity index (χ1n) is 6.25. The summed E-state index contributed by atoms with van der Waals surface area (Å²) in [5.74, 6) is 0.974. The predicted octanol–water partition coefficient (Wildman–Crippen LogP) is 2.11. The third-order valence-electron chi connectivity index (χ3n) is 3.60. The van der Waals surface area contributed by atoms with Crippen molar-refractivity contribution in [3.63, 3.8) is 0 Å². The zero-order chi connectivity index (χ0) is 10.8. The van der Waals surface area contributed by atoms with Crippen LogP contribution in [0.1, 0.15) is 18.4 Å². The first-order chi connectivity index (χ1) is 7.92. The third-order valence-corrected chi connectivity index (χ3v) is 3.60. The number of pyridine rings is 1. The van der Waals surface area contributed by atoms with E-state index >= 15 is 0 Å². The fourth-order valence-corrected chi connectivity index (χ4v) is 2.23. The number of halogens is 2. The molecule has 0 spiro atoms. The molecule has 3 nitrogen and oxygen atoms in total. The summed E-state index contributed by atoms with van der Waals surface area (Å²) in [6, 6.07) is 5.02. The summed E-state index contributed by atoms with van der Waals surface area (Å²) in [5.41, 5.74) is 1.39. The molecule has 1 aliphatic carbocycles. The van der Waals surface area contributed by atoms with Crippen LogP contribution >= 0.6 is 24.8 Å². The van der Waals surface area contributed by atoms with Gasteiger partial charge in [-0.25, -0.2) is 0 Å². The molecule has 0 unspecified atom stereocenters. The molecular weight excluding hydrogens is 269 g/mol. The smallest absolute Gasteiger partial charge is 0.0349 e. The Morgan fingerprint density at radius 3 is 2.33 bits per heavy atom. The molecule has 1 N–H and O–H groups in total. The van der Waals surface area contributed by atoms with Crippen LogP contribution in [0, 0.1) is 5.92 Å². The topological polar surface area (TPSA) is 28.2 Å². The summed E-state index contributed by atoms with van der Waals surface area (Å²) < 4.78 is 0. The Bertz CT molecular complexity index is 339. The van der Waals surface area contributed by atoms with Crippen molar-refractivity contribution in [1.82, 2.24) is 15.2 Å². The van der Waals surface area contributed by atoms with E-state index in [2.05, 4.69) is 27.3 Å². The van der Waals surface area contributed by atoms with Crippen LogP contribution in [0.3, 0.4) is 0 Å². The second-order valence-electron chi connectivity index (χ2n) is 5.04. The van der Waals surface area contributed by atoms with Gasteiger partial charge in [0.1, 0.15) is 0 Å². The molecule has 0 radical (unpaired) electrons. The van der Waals surface area contributed by atoms with Gasteiger partial charge in [0, 0.05) is 44.6 Å². The summed E-state index contributed by atoms with van der Waals surface area (Å²) in [4.78, 5) is 6.72. The number of nitrogens with one attached hydrogen (secondary N) is 1. The Morgan fingerprint density at radius 1 is 1.17 bits per heavy atom. The standard InChI is InChI=1S/C13H19N3.2ClH/c1-2-11(1)9-16(13-7-15-8-13)10-12-3-5-14-6-4-12;;/h3-6,11,13,15H,1-2,7-10H2;2*1H. The van der Waals surface area contributed by atoms with E-state index in [9.17, 15) is 0 Å². The molecule has 2 heterocycles. The van der Waals surface area contributed by atoms with Crippen LogP contribution in [-0.2, 0) is 6.54 Å². The summed E-state index contributed by atoms with van der Waals surface area (Å²) in [6.07, 6.45) is 6.66. The number of aromatic nitrogens is 1. The molecule has 2 aliphatic rings. The minimum Gasteiger partial charge on any atom is -0.314 e. The van der Waals surface area contributed by atoms with E-state index in [0.29, 0.717) is 0 Å². The molecule has 0 aromatic carbocycles. The van der Waals surface area contributed by atoms with Gasteiger partial charge in [-0.3, -0.25) is 9.88 Å². The molecular formula is C13H21Cl2N3. The van der Waals surface area contributed by atoms with Crippen molar-refractivity contribution in [3.05, 3.63) is 30.1 Å². The van der Waals surface area contributed by atoms with Crippen molar-refractivity contribution in [2.75, 3.05) is 19.6 Å². The third kappa shape index (κ3) is 4.09. The lowest BCUT2D eigenvalue weighted by atomic mass is 10.1. The van der Waals surface area contributed by atoms with Crippen LogP contribution < -0.4 is 5.32 Å². The molecule has 2 fully saturated rings. The molecule has 1 saturated heterocycles. The molecule has 1 aliphatic heterocycles. The monoisotopic (exact) mass is 289 g/mol. The van der Waals surface area contributed by atoms with Crippen molar-refractivity contribution >= 4 is 24.8 Å². The van der Waals surface area contributed by atoms with Gasteiger partial charge in [-0.2, -0.15) is 0 Å². The van der Waals surface area contributed by atoms with Crippen molar-refractivity contribution in [2.24, 2.45) is 5.92 Å². The molecule has 18 heavy (non-hydrogen) atoms. The lowest BCUT2D eigenvalue weighted by molar-refractivity contribution is 0.131. The quantitative estimate of drug-likeness (QED) is 0.900. The van der Waals surface area contributed by atoms with Crippen LogP contribution in [0.15, 0.2) is 24.5 Å². The normalized spacial score (nSPS) is 18.7. The number of hydrogen-bond acceptors (Lipinski definition) is 3. The molecule has 0 amide bonds. The molecule has 3 rings (SSSR count). The van der Waals surface area contributed by atoms with Gasteiger partial charge in [0.15, 0.2) is 0 Å². The van der Waals surface area contributed by atoms with Crippen molar-refractivity contribution < 1.29 is 0 Å². The summed E-state index contributed by atoms with van der Waals surface area (Å²) in [6.45, 7) is 4.70. The average Bonchev–Trinajstić information content (AvgIpc) is 3.00. The van der Waals surface area contributed by atoms with E-state index in [1.807, 2.05) is 12.4 Å². The Hall–Kier alpha value is -0.350. The summed E-state index contributed by atoms with van der Waals surface area (Å²) >= 11 is 0. The molecule has 1 aromatic heterocycles. The van der Waals surface area contributed by atoms with E-state index in [-0.39, 0.29) is 24.8 Å². The fourth-order valence-electron chi connectivity index (χ4n) is 2.23. The summed E-state index contributed by atoms with van der Waals surface area (Å²) in [5, 5.41) is 3.37. The Kier molecular flexibility index (Phi) is 6.36. The Morgan fingerprint density at radius 2 is 1.83 bits per heavy atom. The highest BCUT2D eigenvalue weighted by molar-refractivity contribution is 5.85. The van der Waals surface area contributed by atoms with Crippen LogP contribution in [0.5, 0.6) is 0 Å². The van der Waals surface area contributed by atoms with Crippen molar-refractivity contribution in [3.8, 4) is 0 Å². The summed E-state index contributed by atoms with van der Waals surface area (Å²) in [7, 11) is 0. The first kappa shape index (κ1) is 15.7. The van der Waals surface area contributed by atoms with Crippen LogP contribution in [0.4, 0.5) is 0 Å². The average molecular weight is 290 g/mol. The fraction of sp³-hybridized carbons (Fsp3) is 0.615. The van der Waals surface area contributed by atoms with Gasteiger partial charge in [0.25, 0.3) is 0 Å². The highest BCUT2D eigenvalue weighted by Gasteiger charge is 2.30. The SMILES string of the molecule is Cl.Cl.c1cc(CN(CC2CC2)C2CNC2)ccn1. The second-order valence-corrected chi connectivity index (χ2v) is 5.04. The molecule has 102 valence electrons. The van der Waals surface area contributed by atoms with E-state index < -0.39 is 0 Å². The van der Waals surface area contributed by atoms with Gasteiger partial charge in [-0.15, -0.1) is 24.8 Å². The lowest BCUT2D eigenvalue weighted by Gasteiger charge is -2.38. The molecule has 0 bridgehead atoms. The van der Waals surface area contributed by atoms with Gasteiger partial charge >= 0.3 is 0 Å². The van der Waals surface area contributed by atoms with Gasteiger partial charge in [-0.1, -0.05) is 0 Å². The minimum absolute atomic E-state index is 0. The molecule has 1 saturated carbocycles. The maximum absolute atomic E-state index is 4.07. The Labute approximate surface area is 121 Å². The minimum atomic E-state index is 0. The zero-order valence-corrected chi connectivity index (χ0v) is 12.1. The maximum Gasteiger partial charge on any atom is 0.0349 e. The predicted molar refractivity (Wildman–Crippen MR) is 78.5 cm³/mol. The number of nitrogens with zero attached hydrogens (tertiary/aromatic N) is 2. The van der Waals surface area contributed by atoms with Crippen molar-refractivity contribution in [2.45, 2.75) is 25.4 Å². The van der Waals surface area contributed by atoms with Crippen molar-refractivity contribution in [1.29, 1.82) is 0 Å². The van der Waals surface area contributed by atoms with Crippen LogP contribution in [-0.4, -0.2) is 35.6 Å². The van der Waals surface area contributed by atoms with Gasteiger partial charge in [-0.05, 0) is 36.5 Å². The van der Waals surface area contributed by atoms with E-state index in [4.69, 9.17) is 0 Å². The maximum atomic E-state index is 4.07. The number of rotatable bonds is 5.